The largest absolute Gasteiger partial charge is 0.374 e. The maximum absolute atomic E-state index is 6.15. The Morgan fingerprint density at radius 3 is 2.75 bits per heavy atom. The molecule has 0 aliphatic heterocycles. The molecule has 88 valence electrons. The normalized spacial score (nSPS) is 15.9. The Balaban J connectivity index is 2.14. The molecule has 1 aliphatic carbocycles. The van der Waals surface area contributed by atoms with Crippen molar-refractivity contribution in [3.63, 3.8) is 0 Å². The van der Waals surface area contributed by atoms with Crippen molar-refractivity contribution in [1.82, 2.24) is 0 Å². The molecule has 1 aromatic rings. The summed E-state index contributed by atoms with van der Waals surface area (Å²) in [5.41, 5.74) is 8.00. The molecule has 0 bridgehead atoms. The van der Waals surface area contributed by atoms with E-state index in [2.05, 4.69) is 18.0 Å². The predicted molar refractivity (Wildman–Crippen MR) is 70.0 cm³/mol. The Bertz CT molecular complexity index is 361. The monoisotopic (exact) mass is 238 g/mol. The quantitative estimate of drug-likeness (QED) is 0.874. The zero-order valence-electron chi connectivity index (χ0n) is 9.75. The van der Waals surface area contributed by atoms with Gasteiger partial charge in [-0.3, -0.25) is 0 Å². The number of hydrogen-bond donors (Lipinski definition) is 1. The van der Waals surface area contributed by atoms with E-state index in [0.717, 1.165) is 23.0 Å². The fraction of sp³-hybridized carbons (Fsp3) is 0.538. The number of rotatable bonds is 4. The Kier molecular flexibility index (Phi) is 3.72. The van der Waals surface area contributed by atoms with Crippen molar-refractivity contribution in [2.24, 2.45) is 11.7 Å². The molecule has 0 amide bonds. The third-order valence-corrected chi connectivity index (χ3v) is 3.82. The minimum atomic E-state index is 0.504. The third kappa shape index (κ3) is 2.33. The van der Waals surface area contributed by atoms with Gasteiger partial charge in [-0.25, -0.2) is 0 Å². The fourth-order valence-electron chi connectivity index (χ4n) is 2.27. The Morgan fingerprint density at radius 2 is 2.19 bits per heavy atom. The van der Waals surface area contributed by atoms with Crippen LogP contribution in [0.5, 0.6) is 0 Å². The third-order valence-electron chi connectivity index (χ3n) is 3.47. The van der Waals surface area contributed by atoms with Gasteiger partial charge in [0.25, 0.3) is 0 Å². The van der Waals surface area contributed by atoms with Crippen molar-refractivity contribution in [3.05, 3.63) is 28.8 Å². The van der Waals surface area contributed by atoms with Gasteiger partial charge in [0.05, 0.1) is 0 Å². The van der Waals surface area contributed by atoms with Gasteiger partial charge in [-0.15, -0.1) is 0 Å². The van der Waals surface area contributed by atoms with Gasteiger partial charge in [-0.05, 0) is 30.9 Å². The van der Waals surface area contributed by atoms with Crippen LogP contribution in [0.25, 0.3) is 0 Å². The lowest BCUT2D eigenvalue weighted by Crippen LogP contribution is -2.30. The average Bonchev–Trinajstić information content (AvgIpc) is 2.22. The van der Waals surface area contributed by atoms with Crippen molar-refractivity contribution >= 4 is 17.3 Å². The first-order valence-electron chi connectivity index (χ1n) is 5.91. The number of anilines is 1. The van der Waals surface area contributed by atoms with Gasteiger partial charge in [-0.1, -0.05) is 24.1 Å². The second-order valence-corrected chi connectivity index (χ2v) is 5.03. The number of halogens is 1. The summed E-state index contributed by atoms with van der Waals surface area (Å²) in [4.78, 5) is 2.29. The number of nitrogens with zero attached hydrogens (tertiary/aromatic N) is 1. The van der Waals surface area contributed by atoms with E-state index in [-0.39, 0.29) is 0 Å². The molecule has 1 aromatic carbocycles. The first-order chi connectivity index (χ1) is 7.72. The van der Waals surface area contributed by atoms with E-state index in [0.29, 0.717) is 6.54 Å². The van der Waals surface area contributed by atoms with E-state index >= 15 is 0 Å². The van der Waals surface area contributed by atoms with Gasteiger partial charge in [-0.2, -0.15) is 0 Å². The van der Waals surface area contributed by atoms with Crippen LogP contribution in [0.4, 0.5) is 5.69 Å². The molecule has 0 spiro atoms. The maximum Gasteiger partial charge on any atom is 0.0471 e. The summed E-state index contributed by atoms with van der Waals surface area (Å²) in [6.45, 7) is 1.62. The lowest BCUT2D eigenvalue weighted by Gasteiger charge is -2.32. The summed E-state index contributed by atoms with van der Waals surface area (Å²) in [6, 6.07) is 6.01. The van der Waals surface area contributed by atoms with E-state index in [9.17, 15) is 0 Å². The highest BCUT2D eigenvalue weighted by Gasteiger charge is 2.20. The van der Waals surface area contributed by atoms with Gasteiger partial charge in [0.2, 0.25) is 0 Å². The first-order valence-corrected chi connectivity index (χ1v) is 6.28. The Labute approximate surface area is 102 Å². The molecule has 0 saturated heterocycles. The van der Waals surface area contributed by atoms with Gasteiger partial charge >= 0.3 is 0 Å². The van der Waals surface area contributed by atoms with Crippen molar-refractivity contribution in [1.29, 1.82) is 0 Å². The summed E-state index contributed by atoms with van der Waals surface area (Å²) < 4.78 is 0. The molecule has 2 N–H and O–H groups in total. The van der Waals surface area contributed by atoms with Gasteiger partial charge in [0, 0.05) is 36.4 Å². The van der Waals surface area contributed by atoms with Crippen LogP contribution in [-0.2, 0) is 6.54 Å². The second-order valence-electron chi connectivity index (χ2n) is 4.62. The molecule has 1 fully saturated rings. The van der Waals surface area contributed by atoms with Crippen molar-refractivity contribution in [2.75, 3.05) is 18.5 Å². The van der Waals surface area contributed by atoms with E-state index < -0.39 is 0 Å². The summed E-state index contributed by atoms with van der Waals surface area (Å²) in [7, 11) is 2.13. The molecule has 0 atom stereocenters. The van der Waals surface area contributed by atoms with E-state index in [1.165, 1.54) is 24.9 Å². The molecule has 0 unspecified atom stereocenters. The standard InChI is InChI=1S/C13H19ClN2/c1-16(9-10-4-2-5-10)13-7-3-6-12(14)11(13)8-15/h3,6-7,10H,2,4-5,8-9,15H2,1H3. The van der Waals surface area contributed by atoms with Crippen LogP contribution in [-0.4, -0.2) is 13.6 Å². The molecular formula is C13H19ClN2. The highest BCUT2D eigenvalue weighted by Crippen LogP contribution is 2.31. The van der Waals surface area contributed by atoms with Crippen LogP contribution >= 0.6 is 11.6 Å². The lowest BCUT2D eigenvalue weighted by atomic mass is 9.85. The highest BCUT2D eigenvalue weighted by molar-refractivity contribution is 6.31. The molecule has 3 heteroatoms. The van der Waals surface area contributed by atoms with Crippen LogP contribution in [0.3, 0.4) is 0 Å². The number of nitrogens with two attached hydrogens (primary N) is 1. The molecule has 16 heavy (non-hydrogen) atoms. The van der Waals surface area contributed by atoms with Crippen molar-refractivity contribution in [2.45, 2.75) is 25.8 Å². The number of hydrogen-bond acceptors (Lipinski definition) is 2. The molecule has 0 heterocycles. The molecule has 1 aliphatic rings. The summed E-state index contributed by atoms with van der Waals surface area (Å²) in [5.74, 6) is 0.856. The number of benzene rings is 1. The van der Waals surface area contributed by atoms with E-state index in [1.807, 2.05) is 12.1 Å². The molecule has 2 nitrogen and oxygen atoms in total. The Morgan fingerprint density at radius 1 is 1.44 bits per heavy atom. The molecule has 1 saturated carbocycles. The maximum atomic E-state index is 6.15. The minimum absolute atomic E-state index is 0.504. The van der Waals surface area contributed by atoms with Gasteiger partial charge in [0.1, 0.15) is 0 Å². The highest BCUT2D eigenvalue weighted by atomic mass is 35.5. The van der Waals surface area contributed by atoms with Crippen LogP contribution in [0, 0.1) is 5.92 Å². The van der Waals surface area contributed by atoms with Crippen LogP contribution in [0.15, 0.2) is 18.2 Å². The zero-order chi connectivity index (χ0) is 11.5. The van der Waals surface area contributed by atoms with E-state index in [4.69, 9.17) is 17.3 Å². The smallest absolute Gasteiger partial charge is 0.0471 e. The molecule has 0 aromatic heterocycles. The van der Waals surface area contributed by atoms with E-state index in [1.54, 1.807) is 0 Å². The van der Waals surface area contributed by atoms with Crippen molar-refractivity contribution < 1.29 is 0 Å². The minimum Gasteiger partial charge on any atom is -0.374 e. The van der Waals surface area contributed by atoms with Crippen LogP contribution in [0.2, 0.25) is 5.02 Å². The zero-order valence-corrected chi connectivity index (χ0v) is 10.5. The average molecular weight is 239 g/mol. The van der Waals surface area contributed by atoms with Gasteiger partial charge < -0.3 is 10.6 Å². The Hall–Kier alpha value is -0.730. The van der Waals surface area contributed by atoms with Crippen LogP contribution < -0.4 is 10.6 Å². The fourth-order valence-corrected chi connectivity index (χ4v) is 2.51. The summed E-state index contributed by atoms with van der Waals surface area (Å²) >= 11 is 6.15. The second kappa shape index (κ2) is 5.07. The lowest BCUT2D eigenvalue weighted by molar-refractivity contribution is 0.321. The topological polar surface area (TPSA) is 29.3 Å². The van der Waals surface area contributed by atoms with Crippen LogP contribution in [0.1, 0.15) is 24.8 Å². The summed E-state index contributed by atoms with van der Waals surface area (Å²) in [6.07, 6.45) is 4.11. The molecular weight excluding hydrogens is 220 g/mol. The predicted octanol–water partition coefficient (Wildman–Crippen LogP) is 3.04. The first kappa shape index (κ1) is 11.7. The molecule has 0 radical (unpaired) electrons. The SMILES string of the molecule is CN(CC1CCC1)c1cccc(Cl)c1CN. The van der Waals surface area contributed by atoms with Crippen molar-refractivity contribution in [3.8, 4) is 0 Å². The molecule has 2 rings (SSSR count). The summed E-state index contributed by atoms with van der Waals surface area (Å²) in [5, 5.41) is 0.778. The van der Waals surface area contributed by atoms with Gasteiger partial charge in [0.15, 0.2) is 0 Å².